The molecule has 0 unspecified atom stereocenters. The number of benzene rings is 2. The van der Waals surface area contributed by atoms with Crippen molar-refractivity contribution in [3.63, 3.8) is 0 Å². The van der Waals surface area contributed by atoms with Crippen molar-refractivity contribution in [3.05, 3.63) is 54.1 Å². The van der Waals surface area contributed by atoms with Gasteiger partial charge in [-0.15, -0.1) is 0 Å². The first-order valence-electron chi connectivity index (χ1n) is 8.83. The van der Waals surface area contributed by atoms with Crippen LogP contribution in [0.4, 0.5) is 11.4 Å². The van der Waals surface area contributed by atoms with Gasteiger partial charge in [0.15, 0.2) is 0 Å². The van der Waals surface area contributed by atoms with Crippen LogP contribution in [0.15, 0.2) is 48.5 Å². The van der Waals surface area contributed by atoms with E-state index in [9.17, 15) is 9.59 Å². The van der Waals surface area contributed by atoms with Gasteiger partial charge in [0.05, 0.1) is 13.0 Å². The third kappa shape index (κ3) is 3.87. The minimum atomic E-state index is -0.363. The lowest BCUT2D eigenvalue weighted by Crippen LogP contribution is -2.28. The van der Waals surface area contributed by atoms with E-state index in [1.54, 1.807) is 12.0 Å². The summed E-state index contributed by atoms with van der Waals surface area (Å²) in [5, 5.41) is 2.92. The monoisotopic (exact) mass is 352 g/mol. The number of methoxy groups -OCH3 is 1. The smallest absolute Gasteiger partial charge is 0.229 e. The fraction of sp³-hybridized carbons (Fsp3) is 0.333. The average molecular weight is 352 g/mol. The number of ether oxygens (including phenoxy) is 1. The number of amides is 2. The molecule has 3 rings (SSSR count). The van der Waals surface area contributed by atoms with Crippen molar-refractivity contribution in [2.75, 3.05) is 23.9 Å². The van der Waals surface area contributed by atoms with E-state index in [0.29, 0.717) is 18.2 Å². The fourth-order valence-electron chi connectivity index (χ4n) is 3.11. The molecule has 5 nitrogen and oxygen atoms in total. The number of hydrogen-bond donors (Lipinski definition) is 1. The summed E-state index contributed by atoms with van der Waals surface area (Å²) >= 11 is 0. The third-order valence-corrected chi connectivity index (χ3v) is 4.71. The van der Waals surface area contributed by atoms with Crippen molar-refractivity contribution in [2.45, 2.75) is 26.2 Å². The van der Waals surface area contributed by atoms with Crippen LogP contribution in [0.1, 0.15) is 31.7 Å². The van der Waals surface area contributed by atoms with Crippen LogP contribution in [0.25, 0.3) is 0 Å². The molecule has 0 spiro atoms. The summed E-state index contributed by atoms with van der Waals surface area (Å²) < 4.78 is 5.21. The molecule has 0 aliphatic carbocycles. The van der Waals surface area contributed by atoms with Crippen molar-refractivity contribution >= 4 is 23.2 Å². The predicted molar refractivity (Wildman–Crippen MR) is 103 cm³/mol. The van der Waals surface area contributed by atoms with Crippen LogP contribution in [0.5, 0.6) is 5.75 Å². The van der Waals surface area contributed by atoms with Gasteiger partial charge in [-0.05, 0) is 35.7 Å². The van der Waals surface area contributed by atoms with Crippen molar-refractivity contribution in [2.24, 2.45) is 5.92 Å². The third-order valence-electron chi connectivity index (χ3n) is 4.71. The lowest BCUT2D eigenvalue weighted by Gasteiger charge is -2.17. The molecule has 2 aromatic rings. The highest BCUT2D eigenvalue weighted by atomic mass is 16.5. The molecule has 0 radical (unpaired) electrons. The molecule has 136 valence electrons. The lowest BCUT2D eigenvalue weighted by atomic mass is 10.0. The number of carbonyl (C=O) groups excluding carboxylic acids is 2. The van der Waals surface area contributed by atoms with Crippen molar-refractivity contribution in [1.29, 1.82) is 0 Å². The van der Waals surface area contributed by atoms with E-state index in [-0.39, 0.29) is 24.2 Å². The largest absolute Gasteiger partial charge is 0.497 e. The summed E-state index contributed by atoms with van der Waals surface area (Å²) in [5.41, 5.74) is 2.74. The first kappa shape index (κ1) is 18.0. The van der Waals surface area contributed by atoms with E-state index in [1.807, 2.05) is 48.5 Å². The van der Waals surface area contributed by atoms with Gasteiger partial charge in [0.2, 0.25) is 11.8 Å². The van der Waals surface area contributed by atoms with Crippen LogP contribution in [-0.2, 0) is 9.59 Å². The second kappa shape index (κ2) is 7.60. The molecule has 1 fully saturated rings. The quantitative estimate of drug-likeness (QED) is 0.890. The molecule has 0 bridgehead atoms. The van der Waals surface area contributed by atoms with Gasteiger partial charge in [-0.2, -0.15) is 0 Å². The Kier molecular flexibility index (Phi) is 5.26. The van der Waals surface area contributed by atoms with Crippen LogP contribution in [0.2, 0.25) is 0 Å². The van der Waals surface area contributed by atoms with Crippen LogP contribution in [0.3, 0.4) is 0 Å². The van der Waals surface area contributed by atoms with E-state index < -0.39 is 0 Å². The lowest BCUT2D eigenvalue weighted by molar-refractivity contribution is -0.122. The standard InChI is InChI=1S/C21H24N2O3/c1-14(2)15-7-9-17(10-8-15)22-21(25)16-11-20(24)23(13-16)18-5-4-6-19(12-18)26-3/h4-10,12,14,16H,11,13H2,1-3H3,(H,22,25)/t16-/m1/s1. The van der Waals surface area contributed by atoms with Gasteiger partial charge < -0.3 is 15.0 Å². The molecule has 1 aliphatic rings. The molecule has 5 heteroatoms. The second-order valence-corrected chi connectivity index (χ2v) is 6.87. The Morgan fingerprint density at radius 2 is 1.92 bits per heavy atom. The Labute approximate surface area is 154 Å². The molecule has 1 atom stereocenters. The van der Waals surface area contributed by atoms with Gasteiger partial charge >= 0.3 is 0 Å². The Morgan fingerprint density at radius 1 is 1.19 bits per heavy atom. The van der Waals surface area contributed by atoms with E-state index in [4.69, 9.17) is 4.74 Å². The van der Waals surface area contributed by atoms with Gasteiger partial charge in [-0.3, -0.25) is 9.59 Å². The molecule has 2 aromatic carbocycles. The van der Waals surface area contributed by atoms with Gasteiger partial charge in [0.25, 0.3) is 0 Å². The van der Waals surface area contributed by atoms with Gasteiger partial charge in [0.1, 0.15) is 5.75 Å². The molecule has 1 saturated heterocycles. The summed E-state index contributed by atoms with van der Waals surface area (Å²) in [4.78, 5) is 26.6. The van der Waals surface area contributed by atoms with Crippen LogP contribution >= 0.6 is 0 Å². The van der Waals surface area contributed by atoms with E-state index in [1.165, 1.54) is 5.56 Å². The normalized spacial score (nSPS) is 16.8. The SMILES string of the molecule is COc1cccc(N2C[C@H](C(=O)Nc3ccc(C(C)C)cc3)CC2=O)c1. The van der Waals surface area contributed by atoms with Crippen LogP contribution in [-0.4, -0.2) is 25.5 Å². The van der Waals surface area contributed by atoms with Crippen LogP contribution < -0.4 is 15.0 Å². The molecular weight excluding hydrogens is 328 g/mol. The zero-order valence-electron chi connectivity index (χ0n) is 15.4. The van der Waals surface area contributed by atoms with E-state index >= 15 is 0 Å². The first-order valence-corrected chi connectivity index (χ1v) is 8.83. The number of rotatable bonds is 5. The summed E-state index contributed by atoms with van der Waals surface area (Å²) in [6, 6.07) is 15.2. The highest BCUT2D eigenvalue weighted by Crippen LogP contribution is 2.28. The average Bonchev–Trinajstić information content (AvgIpc) is 3.04. The van der Waals surface area contributed by atoms with E-state index in [0.717, 1.165) is 11.4 Å². The highest BCUT2D eigenvalue weighted by molar-refractivity contribution is 6.03. The molecule has 0 saturated carbocycles. The maximum absolute atomic E-state index is 12.6. The minimum absolute atomic E-state index is 0.0476. The summed E-state index contributed by atoms with van der Waals surface area (Å²) in [7, 11) is 1.59. The van der Waals surface area contributed by atoms with Crippen molar-refractivity contribution in [3.8, 4) is 5.75 Å². The minimum Gasteiger partial charge on any atom is -0.497 e. The topological polar surface area (TPSA) is 58.6 Å². The number of nitrogens with zero attached hydrogens (tertiary/aromatic N) is 1. The molecule has 1 aliphatic heterocycles. The highest BCUT2D eigenvalue weighted by Gasteiger charge is 2.35. The summed E-state index contributed by atoms with van der Waals surface area (Å²) in [6.07, 6.45) is 0.215. The number of hydrogen-bond acceptors (Lipinski definition) is 3. The van der Waals surface area contributed by atoms with Crippen molar-refractivity contribution in [1.82, 2.24) is 0 Å². The van der Waals surface area contributed by atoms with Crippen LogP contribution in [0, 0.1) is 5.92 Å². The van der Waals surface area contributed by atoms with Gasteiger partial charge in [-0.25, -0.2) is 0 Å². The molecule has 1 heterocycles. The predicted octanol–water partition coefficient (Wildman–Crippen LogP) is 3.81. The molecule has 0 aromatic heterocycles. The zero-order chi connectivity index (χ0) is 18.7. The molecule has 1 N–H and O–H groups in total. The number of carbonyl (C=O) groups is 2. The molecule has 26 heavy (non-hydrogen) atoms. The zero-order valence-corrected chi connectivity index (χ0v) is 15.4. The summed E-state index contributed by atoms with van der Waals surface area (Å²) in [6.45, 7) is 4.64. The Bertz CT molecular complexity index is 799. The van der Waals surface area contributed by atoms with Gasteiger partial charge in [0, 0.05) is 30.4 Å². The molecular formula is C21H24N2O3. The maximum Gasteiger partial charge on any atom is 0.229 e. The Hall–Kier alpha value is -2.82. The molecule has 2 amide bonds. The number of nitrogens with one attached hydrogen (secondary N) is 1. The van der Waals surface area contributed by atoms with E-state index in [2.05, 4.69) is 19.2 Å². The fourth-order valence-corrected chi connectivity index (χ4v) is 3.11. The Balaban J connectivity index is 1.66. The Morgan fingerprint density at radius 3 is 2.58 bits per heavy atom. The second-order valence-electron chi connectivity index (χ2n) is 6.87. The summed E-state index contributed by atoms with van der Waals surface area (Å²) in [5.74, 6) is 0.602. The maximum atomic E-state index is 12.6. The first-order chi connectivity index (χ1) is 12.5. The van der Waals surface area contributed by atoms with Crippen molar-refractivity contribution < 1.29 is 14.3 Å². The number of anilines is 2. The van der Waals surface area contributed by atoms with Gasteiger partial charge in [-0.1, -0.05) is 32.0 Å².